The molecule has 6 heteroatoms. The Morgan fingerprint density at radius 3 is 2.23 bits per heavy atom. The third kappa shape index (κ3) is 5.16. The molecule has 4 rings (SSSR count). The fourth-order valence-corrected chi connectivity index (χ4v) is 5.11. The summed E-state index contributed by atoms with van der Waals surface area (Å²) in [4.78, 5) is 31.5. The summed E-state index contributed by atoms with van der Waals surface area (Å²) in [5.41, 5.74) is 3.91. The lowest BCUT2D eigenvalue weighted by Crippen LogP contribution is -2.41. The Morgan fingerprint density at radius 1 is 0.943 bits per heavy atom. The summed E-state index contributed by atoms with van der Waals surface area (Å²) in [6, 6.07) is 15.6. The topological polar surface area (TPSA) is 74.2 Å². The molecule has 0 N–H and O–H groups in total. The molecule has 0 bridgehead atoms. The highest BCUT2D eigenvalue weighted by molar-refractivity contribution is 6.12. The molecule has 2 aromatic carbocycles. The third-order valence-electron chi connectivity index (χ3n) is 6.75. The maximum atomic E-state index is 13.7. The van der Waals surface area contributed by atoms with Crippen molar-refractivity contribution in [3.63, 3.8) is 0 Å². The van der Waals surface area contributed by atoms with E-state index in [1.807, 2.05) is 55.5 Å². The summed E-state index contributed by atoms with van der Waals surface area (Å²) >= 11 is 0. The third-order valence-corrected chi connectivity index (χ3v) is 6.75. The predicted molar refractivity (Wildman–Crippen MR) is 135 cm³/mol. The first kappa shape index (κ1) is 24.7. The molecule has 0 radical (unpaired) electrons. The minimum atomic E-state index is -0.477. The van der Waals surface area contributed by atoms with E-state index in [0.29, 0.717) is 30.7 Å². The molecule has 2 aliphatic rings. The number of Topliss-reactive ketones (excluding diaryl/α,β-unsaturated/α-hetero) is 1. The van der Waals surface area contributed by atoms with Crippen LogP contribution in [0.2, 0.25) is 0 Å². The Bertz CT molecular complexity index is 1130. The first-order chi connectivity index (χ1) is 17.0. The SMILES string of the molecule is CCCOc1ccc([C@@H]2C(C(=O)OCC)=C(C)N=C3C[C@H](c4ccc(OC)cc4)CC(=O)C32)cc1. The van der Waals surface area contributed by atoms with Crippen molar-refractivity contribution in [3.8, 4) is 11.5 Å². The number of benzene rings is 2. The van der Waals surface area contributed by atoms with Crippen LogP contribution in [0, 0.1) is 5.92 Å². The molecule has 1 aliphatic carbocycles. The van der Waals surface area contributed by atoms with E-state index in [9.17, 15) is 9.59 Å². The molecular formula is C29H33NO5. The minimum Gasteiger partial charge on any atom is -0.497 e. The summed E-state index contributed by atoms with van der Waals surface area (Å²) < 4.78 is 16.4. The predicted octanol–water partition coefficient (Wildman–Crippen LogP) is 5.62. The first-order valence-electron chi connectivity index (χ1n) is 12.3. The second-order valence-electron chi connectivity index (χ2n) is 9.04. The number of rotatable bonds is 8. The average Bonchev–Trinajstić information content (AvgIpc) is 2.87. The molecule has 6 nitrogen and oxygen atoms in total. The molecule has 1 saturated carbocycles. The molecule has 2 aromatic rings. The van der Waals surface area contributed by atoms with Crippen LogP contribution in [0.15, 0.2) is 64.8 Å². The van der Waals surface area contributed by atoms with Gasteiger partial charge in [0.2, 0.25) is 0 Å². The van der Waals surface area contributed by atoms with Crippen LogP contribution in [0.5, 0.6) is 11.5 Å². The van der Waals surface area contributed by atoms with Gasteiger partial charge in [0.1, 0.15) is 17.3 Å². The largest absolute Gasteiger partial charge is 0.497 e. The fraction of sp³-hybridized carbons (Fsp3) is 0.414. The van der Waals surface area contributed by atoms with Crippen LogP contribution < -0.4 is 9.47 Å². The number of carbonyl (C=O) groups is 2. The molecule has 0 aromatic heterocycles. The smallest absolute Gasteiger partial charge is 0.336 e. The number of nitrogens with zero attached hydrogens (tertiary/aromatic N) is 1. The Labute approximate surface area is 207 Å². The zero-order valence-corrected chi connectivity index (χ0v) is 20.9. The highest BCUT2D eigenvalue weighted by atomic mass is 16.5. The molecule has 1 unspecified atom stereocenters. The quantitative estimate of drug-likeness (QED) is 0.463. The van der Waals surface area contributed by atoms with E-state index in [-0.39, 0.29) is 18.3 Å². The summed E-state index contributed by atoms with van der Waals surface area (Å²) in [6.45, 7) is 6.58. The van der Waals surface area contributed by atoms with Gasteiger partial charge in [-0.15, -0.1) is 0 Å². The monoisotopic (exact) mass is 475 g/mol. The molecule has 184 valence electrons. The van der Waals surface area contributed by atoms with Crippen molar-refractivity contribution >= 4 is 17.5 Å². The van der Waals surface area contributed by atoms with Crippen molar-refractivity contribution in [2.45, 2.75) is 51.9 Å². The van der Waals surface area contributed by atoms with E-state index in [1.54, 1.807) is 14.0 Å². The van der Waals surface area contributed by atoms with Gasteiger partial charge in [0.25, 0.3) is 0 Å². The van der Waals surface area contributed by atoms with E-state index in [1.165, 1.54) is 0 Å². The van der Waals surface area contributed by atoms with Crippen LogP contribution >= 0.6 is 0 Å². The molecule has 0 spiro atoms. The minimum absolute atomic E-state index is 0.0471. The number of methoxy groups -OCH3 is 1. The summed E-state index contributed by atoms with van der Waals surface area (Å²) in [5, 5.41) is 0. The van der Waals surface area contributed by atoms with Crippen LogP contribution in [-0.2, 0) is 14.3 Å². The fourth-order valence-electron chi connectivity index (χ4n) is 5.11. The number of allylic oxidation sites excluding steroid dienone is 1. The lowest BCUT2D eigenvalue weighted by atomic mass is 9.66. The van der Waals surface area contributed by atoms with Gasteiger partial charge in [0.15, 0.2) is 0 Å². The van der Waals surface area contributed by atoms with Gasteiger partial charge in [-0.2, -0.15) is 0 Å². The number of ether oxygens (including phenoxy) is 3. The van der Waals surface area contributed by atoms with Gasteiger partial charge in [0.05, 0.1) is 31.8 Å². The van der Waals surface area contributed by atoms with Crippen molar-refractivity contribution in [2.75, 3.05) is 20.3 Å². The van der Waals surface area contributed by atoms with E-state index >= 15 is 0 Å². The lowest BCUT2D eigenvalue weighted by Gasteiger charge is -2.38. The zero-order chi connectivity index (χ0) is 24.9. The second kappa shape index (κ2) is 10.9. The van der Waals surface area contributed by atoms with E-state index in [0.717, 1.165) is 34.8 Å². The number of carbonyl (C=O) groups excluding carboxylic acids is 2. The normalized spacial score (nSPS) is 21.8. The van der Waals surface area contributed by atoms with Crippen LogP contribution in [0.1, 0.15) is 63.0 Å². The number of hydrogen-bond acceptors (Lipinski definition) is 6. The Hall–Kier alpha value is -3.41. The van der Waals surface area contributed by atoms with E-state index in [2.05, 4.69) is 6.92 Å². The van der Waals surface area contributed by atoms with Crippen LogP contribution in [-0.4, -0.2) is 37.8 Å². The molecule has 1 fully saturated rings. The van der Waals surface area contributed by atoms with Gasteiger partial charge >= 0.3 is 5.97 Å². The number of aliphatic imine (C=N–C) groups is 1. The summed E-state index contributed by atoms with van der Waals surface area (Å²) in [6.07, 6.45) is 1.99. The number of fused-ring (bicyclic) bond motifs is 1. The van der Waals surface area contributed by atoms with Gasteiger partial charge in [-0.3, -0.25) is 9.79 Å². The first-order valence-corrected chi connectivity index (χ1v) is 12.3. The van der Waals surface area contributed by atoms with Gasteiger partial charge in [0, 0.05) is 23.7 Å². The highest BCUT2D eigenvalue weighted by Gasteiger charge is 2.46. The van der Waals surface area contributed by atoms with Crippen molar-refractivity contribution in [1.82, 2.24) is 0 Å². The number of hydrogen-bond donors (Lipinski definition) is 0. The number of esters is 1. The van der Waals surface area contributed by atoms with Crippen LogP contribution in [0.25, 0.3) is 0 Å². The Morgan fingerprint density at radius 2 is 1.60 bits per heavy atom. The maximum Gasteiger partial charge on any atom is 0.336 e. The van der Waals surface area contributed by atoms with Gasteiger partial charge in [-0.1, -0.05) is 31.2 Å². The second-order valence-corrected chi connectivity index (χ2v) is 9.04. The average molecular weight is 476 g/mol. The Balaban J connectivity index is 1.71. The van der Waals surface area contributed by atoms with Gasteiger partial charge in [-0.25, -0.2) is 4.79 Å². The van der Waals surface area contributed by atoms with Crippen LogP contribution in [0.3, 0.4) is 0 Å². The maximum absolute atomic E-state index is 13.7. The molecule has 1 heterocycles. The van der Waals surface area contributed by atoms with Gasteiger partial charge in [-0.05, 0) is 68.0 Å². The molecular weight excluding hydrogens is 442 g/mol. The number of ketones is 1. The van der Waals surface area contributed by atoms with Crippen molar-refractivity contribution < 1.29 is 23.8 Å². The van der Waals surface area contributed by atoms with Crippen molar-refractivity contribution in [2.24, 2.45) is 10.9 Å². The lowest BCUT2D eigenvalue weighted by molar-refractivity contribution is -0.139. The molecule has 3 atom stereocenters. The molecule has 0 amide bonds. The Kier molecular flexibility index (Phi) is 7.69. The van der Waals surface area contributed by atoms with E-state index < -0.39 is 17.8 Å². The standard InChI is InChI=1S/C29H33NO5/c1-5-15-35-23-13-9-20(10-14-23)27-26(29(32)34-6-2)18(3)30-24-16-21(17-25(31)28(24)27)19-7-11-22(33-4)12-8-19/h7-14,21,27-28H,5-6,15-17H2,1-4H3/t21-,27+,28?/m0/s1. The van der Waals surface area contributed by atoms with Crippen molar-refractivity contribution in [1.29, 1.82) is 0 Å². The zero-order valence-electron chi connectivity index (χ0n) is 20.9. The molecule has 1 aliphatic heterocycles. The molecule has 35 heavy (non-hydrogen) atoms. The summed E-state index contributed by atoms with van der Waals surface area (Å²) in [7, 11) is 1.64. The van der Waals surface area contributed by atoms with Crippen molar-refractivity contribution in [3.05, 3.63) is 70.9 Å². The van der Waals surface area contributed by atoms with E-state index in [4.69, 9.17) is 19.2 Å². The van der Waals surface area contributed by atoms with Gasteiger partial charge < -0.3 is 14.2 Å². The van der Waals surface area contributed by atoms with Crippen LogP contribution in [0.4, 0.5) is 0 Å². The highest BCUT2D eigenvalue weighted by Crippen LogP contribution is 2.46. The molecule has 0 saturated heterocycles. The summed E-state index contributed by atoms with van der Waals surface area (Å²) in [5.74, 6) is 0.392.